The van der Waals surface area contributed by atoms with E-state index in [1.54, 1.807) is 0 Å². The number of aliphatic hydroxyl groups excluding tert-OH is 1. The molecule has 11 heavy (non-hydrogen) atoms. The first-order valence-electron chi connectivity index (χ1n) is 3.45. The van der Waals surface area contributed by atoms with E-state index in [0.29, 0.717) is 0 Å². The van der Waals surface area contributed by atoms with Crippen LogP contribution in [0.3, 0.4) is 0 Å². The van der Waals surface area contributed by atoms with Crippen LogP contribution in [0.4, 0.5) is 8.78 Å². The zero-order valence-corrected chi connectivity index (χ0v) is 6.26. The second-order valence-electron chi connectivity index (χ2n) is 2.16. The van der Waals surface area contributed by atoms with Crippen LogP contribution in [0, 0.1) is 0 Å². The van der Waals surface area contributed by atoms with Gasteiger partial charge >= 0.3 is 0 Å². The van der Waals surface area contributed by atoms with Crippen LogP contribution in [0.1, 0.15) is 6.42 Å². The average Bonchev–Trinajstić information content (AvgIpc) is 1.98. The number of alkyl halides is 2. The SMILES string of the molecule is C=C[C@@H](CO)NCCC(F)F. The van der Waals surface area contributed by atoms with Gasteiger partial charge in [-0.25, -0.2) is 8.78 Å². The lowest BCUT2D eigenvalue weighted by atomic mass is 10.3. The van der Waals surface area contributed by atoms with Crippen LogP contribution in [0.25, 0.3) is 0 Å². The van der Waals surface area contributed by atoms with E-state index >= 15 is 0 Å². The minimum absolute atomic E-state index is 0.104. The van der Waals surface area contributed by atoms with Crippen molar-refractivity contribution in [1.29, 1.82) is 0 Å². The summed E-state index contributed by atoms with van der Waals surface area (Å²) in [5, 5.41) is 11.3. The molecular formula is C7H13F2NO. The molecule has 0 aliphatic carbocycles. The summed E-state index contributed by atoms with van der Waals surface area (Å²) in [6, 6.07) is -0.270. The van der Waals surface area contributed by atoms with Crippen LogP contribution in [-0.4, -0.2) is 30.7 Å². The first-order chi connectivity index (χ1) is 5.20. The van der Waals surface area contributed by atoms with Gasteiger partial charge in [-0.1, -0.05) is 6.08 Å². The molecule has 0 heterocycles. The third-order valence-electron chi connectivity index (χ3n) is 1.25. The standard InChI is InChI=1S/C7H13F2NO/c1-2-6(5-11)10-4-3-7(8)9/h2,6-7,10-11H,1,3-5H2/t6-/m0/s1. The van der Waals surface area contributed by atoms with Crippen molar-refractivity contribution in [1.82, 2.24) is 5.32 Å². The summed E-state index contributed by atoms with van der Waals surface area (Å²) in [5.74, 6) is 0. The summed E-state index contributed by atoms with van der Waals surface area (Å²) in [7, 11) is 0. The lowest BCUT2D eigenvalue weighted by Crippen LogP contribution is -2.31. The topological polar surface area (TPSA) is 32.3 Å². The molecule has 4 heteroatoms. The molecule has 0 saturated carbocycles. The van der Waals surface area contributed by atoms with Crippen LogP contribution in [0.15, 0.2) is 12.7 Å². The van der Waals surface area contributed by atoms with Crippen molar-refractivity contribution in [3.05, 3.63) is 12.7 Å². The molecule has 0 aliphatic heterocycles. The number of rotatable bonds is 6. The van der Waals surface area contributed by atoms with Gasteiger partial charge in [0.25, 0.3) is 0 Å². The molecule has 0 aromatic heterocycles. The molecule has 0 aromatic carbocycles. The number of halogens is 2. The van der Waals surface area contributed by atoms with E-state index in [4.69, 9.17) is 5.11 Å². The molecule has 0 radical (unpaired) electrons. The van der Waals surface area contributed by atoms with Gasteiger partial charge in [0.1, 0.15) is 0 Å². The van der Waals surface area contributed by atoms with Gasteiger partial charge in [-0.05, 0) is 0 Å². The Morgan fingerprint density at radius 1 is 1.55 bits per heavy atom. The van der Waals surface area contributed by atoms with E-state index in [1.165, 1.54) is 6.08 Å². The number of aliphatic hydroxyl groups is 1. The molecule has 0 saturated heterocycles. The highest BCUT2D eigenvalue weighted by Gasteiger charge is 2.04. The third-order valence-corrected chi connectivity index (χ3v) is 1.25. The van der Waals surface area contributed by atoms with Crippen molar-refractivity contribution >= 4 is 0 Å². The van der Waals surface area contributed by atoms with Gasteiger partial charge < -0.3 is 10.4 Å². The van der Waals surface area contributed by atoms with Crippen molar-refractivity contribution in [2.45, 2.75) is 18.9 Å². The van der Waals surface area contributed by atoms with Crippen LogP contribution >= 0.6 is 0 Å². The molecule has 0 aliphatic rings. The Balaban J connectivity index is 3.28. The molecule has 0 fully saturated rings. The van der Waals surface area contributed by atoms with Crippen LogP contribution in [0.2, 0.25) is 0 Å². The molecular weight excluding hydrogens is 152 g/mol. The molecule has 1 atom stereocenters. The summed E-state index contributed by atoms with van der Waals surface area (Å²) in [4.78, 5) is 0. The minimum atomic E-state index is -2.29. The summed E-state index contributed by atoms with van der Waals surface area (Å²) in [6.07, 6.45) is -0.984. The Morgan fingerprint density at radius 3 is 2.55 bits per heavy atom. The smallest absolute Gasteiger partial charge is 0.239 e. The van der Waals surface area contributed by atoms with Gasteiger partial charge in [0.05, 0.1) is 6.61 Å². The molecule has 0 amide bonds. The number of nitrogens with one attached hydrogen (secondary N) is 1. The second kappa shape index (κ2) is 6.24. The fourth-order valence-electron chi connectivity index (χ4n) is 0.600. The maximum absolute atomic E-state index is 11.6. The molecule has 2 N–H and O–H groups in total. The van der Waals surface area contributed by atoms with E-state index in [2.05, 4.69) is 11.9 Å². The Hall–Kier alpha value is -0.480. The largest absolute Gasteiger partial charge is 0.394 e. The summed E-state index contributed by atoms with van der Waals surface area (Å²) < 4.78 is 23.1. The van der Waals surface area contributed by atoms with Crippen molar-refractivity contribution in [3.63, 3.8) is 0 Å². The summed E-state index contributed by atoms with van der Waals surface area (Å²) in [5.41, 5.74) is 0. The first-order valence-corrected chi connectivity index (χ1v) is 3.45. The zero-order valence-electron chi connectivity index (χ0n) is 6.26. The predicted molar refractivity (Wildman–Crippen MR) is 39.7 cm³/mol. The lowest BCUT2D eigenvalue weighted by Gasteiger charge is -2.10. The number of hydrogen-bond acceptors (Lipinski definition) is 2. The molecule has 0 spiro atoms. The van der Waals surface area contributed by atoms with E-state index in [0.717, 1.165) is 0 Å². The summed E-state index contributed by atoms with van der Waals surface area (Å²) >= 11 is 0. The van der Waals surface area contributed by atoms with E-state index < -0.39 is 6.43 Å². The highest BCUT2D eigenvalue weighted by Crippen LogP contribution is 1.96. The lowest BCUT2D eigenvalue weighted by molar-refractivity contribution is 0.135. The Labute approximate surface area is 64.9 Å². The molecule has 0 bridgehead atoms. The zero-order chi connectivity index (χ0) is 8.69. The first kappa shape index (κ1) is 10.5. The van der Waals surface area contributed by atoms with Gasteiger partial charge in [0, 0.05) is 19.0 Å². The molecule has 0 rings (SSSR count). The van der Waals surface area contributed by atoms with Gasteiger partial charge in [0.15, 0.2) is 0 Å². The maximum atomic E-state index is 11.6. The van der Waals surface area contributed by atoms with Crippen LogP contribution in [0.5, 0.6) is 0 Å². The third kappa shape index (κ3) is 5.94. The van der Waals surface area contributed by atoms with Gasteiger partial charge in [0.2, 0.25) is 6.43 Å². The highest BCUT2D eigenvalue weighted by molar-refractivity contribution is 4.84. The van der Waals surface area contributed by atoms with Gasteiger partial charge in [-0.3, -0.25) is 0 Å². The maximum Gasteiger partial charge on any atom is 0.239 e. The van der Waals surface area contributed by atoms with Crippen molar-refractivity contribution < 1.29 is 13.9 Å². The predicted octanol–water partition coefficient (Wildman–Crippen LogP) is 0.778. The molecule has 66 valence electrons. The highest BCUT2D eigenvalue weighted by atomic mass is 19.3. The fourth-order valence-corrected chi connectivity index (χ4v) is 0.600. The van der Waals surface area contributed by atoms with Crippen LogP contribution < -0.4 is 5.32 Å². The second-order valence-corrected chi connectivity index (χ2v) is 2.16. The van der Waals surface area contributed by atoms with Gasteiger partial charge in [-0.15, -0.1) is 6.58 Å². The summed E-state index contributed by atoms with van der Waals surface area (Å²) in [6.45, 7) is 3.52. The average molecular weight is 165 g/mol. The fraction of sp³-hybridized carbons (Fsp3) is 0.714. The molecule has 0 aromatic rings. The normalized spacial score (nSPS) is 13.5. The van der Waals surface area contributed by atoms with Crippen LogP contribution in [-0.2, 0) is 0 Å². The molecule has 2 nitrogen and oxygen atoms in total. The Kier molecular flexibility index (Phi) is 5.97. The van der Waals surface area contributed by atoms with E-state index in [-0.39, 0.29) is 25.6 Å². The minimum Gasteiger partial charge on any atom is -0.394 e. The monoisotopic (exact) mass is 165 g/mol. The molecule has 0 unspecified atom stereocenters. The Bertz CT molecular complexity index is 109. The van der Waals surface area contributed by atoms with E-state index in [1.807, 2.05) is 0 Å². The van der Waals surface area contributed by atoms with Crippen molar-refractivity contribution in [2.24, 2.45) is 0 Å². The Morgan fingerprint density at radius 2 is 2.18 bits per heavy atom. The quantitative estimate of drug-likeness (QED) is 0.570. The van der Waals surface area contributed by atoms with Gasteiger partial charge in [-0.2, -0.15) is 0 Å². The number of hydrogen-bond donors (Lipinski definition) is 2. The van der Waals surface area contributed by atoms with Crippen molar-refractivity contribution in [3.8, 4) is 0 Å². The van der Waals surface area contributed by atoms with E-state index in [9.17, 15) is 8.78 Å². The van der Waals surface area contributed by atoms with Crippen molar-refractivity contribution in [2.75, 3.05) is 13.2 Å².